The highest BCUT2D eigenvalue weighted by Crippen LogP contribution is 2.15. The first-order valence-electron chi connectivity index (χ1n) is 4.88. The molecule has 0 saturated heterocycles. The maximum Gasteiger partial charge on any atom is 0.288 e. The standard InChI is InChI=1S/C11H10N4OS/c12-11(17)15-14-10(16)9-8-4-2-1-3-7(8)5-6-13-9/h1-6H,(H,14,16)(H3,12,15,17). The zero-order valence-corrected chi connectivity index (χ0v) is 9.62. The molecular formula is C11H10N4OS. The summed E-state index contributed by atoms with van der Waals surface area (Å²) in [6.07, 6.45) is 1.58. The number of rotatable bonds is 1. The largest absolute Gasteiger partial charge is 0.375 e. The summed E-state index contributed by atoms with van der Waals surface area (Å²) < 4.78 is 0. The summed E-state index contributed by atoms with van der Waals surface area (Å²) in [5, 5.41) is 1.72. The highest BCUT2D eigenvalue weighted by Gasteiger charge is 2.10. The Morgan fingerprint density at radius 1 is 1.24 bits per heavy atom. The van der Waals surface area contributed by atoms with Gasteiger partial charge in [0.05, 0.1) is 0 Å². The molecule has 0 aliphatic rings. The number of pyridine rings is 1. The number of fused-ring (bicyclic) bond motifs is 1. The molecule has 0 radical (unpaired) electrons. The molecule has 0 saturated carbocycles. The van der Waals surface area contributed by atoms with Crippen LogP contribution in [0.5, 0.6) is 0 Å². The Balaban J connectivity index is 2.35. The van der Waals surface area contributed by atoms with Crippen LogP contribution in [0.25, 0.3) is 10.8 Å². The van der Waals surface area contributed by atoms with Gasteiger partial charge in [-0.3, -0.25) is 20.6 Å². The van der Waals surface area contributed by atoms with Crippen LogP contribution in [0.2, 0.25) is 0 Å². The van der Waals surface area contributed by atoms with Crippen LogP contribution in [0.3, 0.4) is 0 Å². The molecule has 0 aliphatic carbocycles. The van der Waals surface area contributed by atoms with Gasteiger partial charge in [-0.1, -0.05) is 24.3 Å². The van der Waals surface area contributed by atoms with Gasteiger partial charge in [-0.25, -0.2) is 0 Å². The number of nitrogens with one attached hydrogen (secondary N) is 2. The number of nitrogens with zero attached hydrogens (tertiary/aromatic N) is 1. The SMILES string of the molecule is NC(=S)NNC(=O)c1nccc2ccccc12. The number of thiocarbonyl (C=S) groups is 1. The highest BCUT2D eigenvalue weighted by atomic mass is 32.1. The predicted molar refractivity (Wildman–Crippen MR) is 69.1 cm³/mol. The van der Waals surface area contributed by atoms with E-state index in [4.69, 9.17) is 5.73 Å². The van der Waals surface area contributed by atoms with E-state index in [1.54, 1.807) is 6.20 Å². The molecule has 5 nitrogen and oxygen atoms in total. The van der Waals surface area contributed by atoms with E-state index in [-0.39, 0.29) is 11.0 Å². The zero-order valence-electron chi connectivity index (χ0n) is 8.81. The van der Waals surface area contributed by atoms with Gasteiger partial charge in [0.2, 0.25) is 0 Å². The Labute approximate surface area is 103 Å². The van der Waals surface area contributed by atoms with Crippen molar-refractivity contribution in [3.63, 3.8) is 0 Å². The van der Waals surface area contributed by atoms with Gasteiger partial charge >= 0.3 is 0 Å². The number of carbonyl (C=O) groups excluding carboxylic acids is 1. The number of hydrogen-bond donors (Lipinski definition) is 3. The fraction of sp³-hybridized carbons (Fsp3) is 0. The van der Waals surface area contributed by atoms with E-state index < -0.39 is 0 Å². The molecule has 0 fully saturated rings. The molecule has 6 heteroatoms. The molecule has 0 unspecified atom stereocenters. The number of aromatic nitrogens is 1. The molecule has 0 spiro atoms. The van der Waals surface area contributed by atoms with Crippen molar-refractivity contribution in [3.8, 4) is 0 Å². The van der Waals surface area contributed by atoms with E-state index >= 15 is 0 Å². The van der Waals surface area contributed by atoms with E-state index in [0.717, 1.165) is 10.8 Å². The van der Waals surface area contributed by atoms with Crippen LogP contribution in [-0.4, -0.2) is 16.0 Å². The third kappa shape index (κ3) is 2.48. The van der Waals surface area contributed by atoms with Gasteiger partial charge in [0.15, 0.2) is 5.11 Å². The summed E-state index contributed by atoms with van der Waals surface area (Å²) in [4.78, 5) is 15.9. The molecule has 0 atom stereocenters. The molecule has 0 bridgehead atoms. The Hall–Kier alpha value is -2.21. The van der Waals surface area contributed by atoms with Crippen LogP contribution >= 0.6 is 12.2 Å². The number of hydrogen-bond acceptors (Lipinski definition) is 3. The smallest absolute Gasteiger partial charge is 0.288 e. The Bertz CT molecular complexity index is 579. The van der Waals surface area contributed by atoms with Crippen molar-refractivity contribution < 1.29 is 4.79 Å². The minimum absolute atomic E-state index is 0.00131. The van der Waals surface area contributed by atoms with Crippen molar-refractivity contribution in [1.82, 2.24) is 15.8 Å². The summed E-state index contributed by atoms with van der Waals surface area (Å²) in [6, 6.07) is 9.33. The lowest BCUT2D eigenvalue weighted by molar-refractivity contribution is 0.0941. The first kappa shape index (κ1) is 11.3. The third-order valence-corrected chi connectivity index (χ3v) is 2.29. The second-order valence-electron chi connectivity index (χ2n) is 3.32. The highest BCUT2D eigenvalue weighted by molar-refractivity contribution is 7.80. The minimum Gasteiger partial charge on any atom is -0.375 e. The minimum atomic E-state index is -0.380. The summed E-state index contributed by atoms with van der Waals surface area (Å²) >= 11 is 4.59. The Kier molecular flexibility index (Phi) is 3.15. The Morgan fingerprint density at radius 3 is 2.76 bits per heavy atom. The fourth-order valence-electron chi connectivity index (χ4n) is 1.48. The average molecular weight is 246 g/mol. The van der Waals surface area contributed by atoms with E-state index in [1.165, 1.54) is 0 Å². The number of carbonyl (C=O) groups is 1. The number of hydrazine groups is 1. The lowest BCUT2D eigenvalue weighted by Crippen LogP contribution is -2.44. The zero-order chi connectivity index (χ0) is 12.3. The van der Waals surface area contributed by atoms with Crippen LogP contribution in [0.4, 0.5) is 0 Å². The first-order valence-corrected chi connectivity index (χ1v) is 5.29. The molecule has 1 aromatic carbocycles. The summed E-state index contributed by atoms with van der Waals surface area (Å²) in [6.45, 7) is 0. The molecule has 1 amide bonds. The van der Waals surface area contributed by atoms with Gasteiger partial charge in [-0.05, 0) is 23.7 Å². The normalized spacial score (nSPS) is 9.88. The van der Waals surface area contributed by atoms with Crippen molar-refractivity contribution in [3.05, 3.63) is 42.2 Å². The maximum absolute atomic E-state index is 11.8. The lowest BCUT2D eigenvalue weighted by Gasteiger charge is -2.07. The van der Waals surface area contributed by atoms with Gasteiger partial charge in [-0.15, -0.1) is 0 Å². The van der Waals surface area contributed by atoms with Crippen molar-refractivity contribution in [1.29, 1.82) is 0 Å². The third-order valence-electron chi connectivity index (χ3n) is 2.19. The summed E-state index contributed by atoms with van der Waals surface area (Å²) in [7, 11) is 0. The molecule has 1 heterocycles. The fourth-order valence-corrected chi connectivity index (χ4v) is 1.53. The summed E-state index contributed by atoms with van der Waals surface area (Å²) in [5.41, 5.74) is 10.3. The first-order chi connectivity index (χ1) is 8.18. The second-order valence-corrected chi connectivity index (χ2v) is 3.76. The van der Waals surface area contributed by atoms with Crippen molar-refractivity contribution >= 4 is 34.0 Å². The molecule has 1 aromatic heterocycles. The predicted octanol–water partition coefficient (Wildman–Crippen LogP) is 0.713. The van der Waals surface area contributed by atoms with E-state index in [9.17, 15) is 4.79 Å². The van der Waals surface area contributed by atoms with Gasteiger partial charge in [-0.2, -0.15) is 0 Å². The summed E-state index contributed by atoms with van der Waals surface area (Å²) in [5.74, 6) is -0.380. The average Bonchev–Trinajstić information content (AvgIpc) is 2.35. The molecular weight excluding hydrogens is 236 g/mol. The van der Waals surface area contributed by atoms with Gasteiger partial charge < -0.3 is 5.73 Å². The van der Waals surface area contributed by atoms with Crippen LogP contribution in [0.15, 0.2) is 36.5 Å². The second kappa shape index (κ2) is 4.75. The molecule has 2 rings (SSSR count). The molecule has 86 valence electrons. The van der Waals surface area contributed by atoms with Crippen LogP contribution in [0, 0.1) is 0 Å². The van der Waals surface area contributed by atoms with Crippen molar-refractivity contribution in [2.45, 2.75) is 0 Å². The van der Waals surface area contributed by atoms with E-state index in [2.05, 4.69) is 28.1 Å². The van der Waals surface area contributed by atoms with Crippen molar-refractivity contribution in [2.24, 2.45) is 5.73 Å². The molecule has 4 N–H and O–H groups in total. The van der Waals surface area contributed by atoms with Crippen molar-refractivity contribution in [2.75, 3.05) is 0 Å². The topological polar surface area (TPSA) is 80.0 Å². The van der Waals surface area contributed by atoms with Crippen LogP contribution < -0.4 is 16.6 Å². The van der Waals surface area contributed by atoms with E-state index in [1.807, 2.05) is 30.3 Å². The number of nitrogens with two attached hydrogens (primary N) is 1. The van der Waals surface area contributed by atoms with Crippen LogP contribution in [-0.2, 0) is 0 Å². The molecule has 17 heavy (non-hydrogen) atoms. The quantitative estimate of drug-likeness (QED) is 0.510. The number of amides is 1. The van der Waals surface area contributed by atoms with Crippen LogP contribution in [0.1, 0.15) is 10.5 Å². The van der Waals surface area contributed by atoms with Gasteiger partial charge in [0.25, 0.3) is 5.91 Å². The molecule has 2 aromatic rings. The van der Waals surface area contributed by atoms with Gasteiger partial charge in [0, 0.05) is 11.6 Å². The van der Waals surface area contributed by atoms with E-state index in [0.29, 0.717) is 5.69 Å². The molecule has 0 aliphatic heterocycles. The maximum atomic E-state index is 11.8. The van der Waals surface area contributed by atoms with Gasteiger partial charge in [0.1, 0.15) is 5.69 Å². The lowest BCUT2D eigenvalue weighted by atomic mass is 10.1. The Morgan fingerprint density at radius 2 is 2.00 bits per heavy atom. The number of benzene rings is 1. The monoisotopic (exact) mass is 246 g/mol.